The summed E-state index contributed by atoms with van der Waals surface area (Å²) in [6.45, 7) is 8.55. The van der Waals surface area contributed by atoms with Crippen LogP contribution in [0.3, 0.4) is 0 Å². The Bertz CT molecular complexity index is 1330. The molecule has 1 unspecified atom stereocenters. The third-order valence-electron chi connectivity index (χ3n) is 6.50. The highest BCUT2D eigenvalue weighted by Gasteiger charge is 2.17. The zero-order valence-corrected chi connectivity index (χ0v) is 21.4. The predicted molar refractivity (Wildman–Crippen MR) is 142 cm³/mol. The Morgan fingerprint density at radius 2 is 2.00 bits per heavy atom. The molecular formula is C29H34N2O5. The number of amides is 1. The molecule has 190 valence electrons. The van der Waals surface area contributed by atoms with Crippen LogP contribution >= 0.6 is 0 Å². The lowest BCUT2D eigenvalue weighted by Crippen LogP contribution is -2.33. The maximum Gasteiger partial charge on any atom is 0.360 e. The Hall–Kier alpha value is -3.58. The van der Waals surface area contributed by atoms with Gasteiger partial charge in [0, 0.05) is 29.0 Å². The summed E-state index contributed by atoms with van der Waals surface area (Å²) < 4.78 is 17.1. The monoisotopic (exact) mass is 490 g/mol. The molecule has 1 aliphatic heterocycles. The second-order valence-electron chi connectivity index (χ2n) is 9.54. The van der Waals surface area contributed by atoms with Crippen molar-refractivity contribution < 1.29 is 18.7 Å². The van der Waals surface area contributed by atoms with E-state index in [1.807, 2.05) is 32.9 Å². The molecule has 2 N–H and O–H groups in total. The molecule has 1 fully saturated rings. The number of piperidine rings is 1. The molecule has 0 bridgehead atoms. The SMILES string of the molecule is COc1ccc(C(=O)Nc2cc3ccc(OCC4CCCNC4)c(C)c3oc2=O)cc1CC=C(C)C. The van der Waals surface area contributed by atoms with Crippen molar-refractivity contribution in [3.63, 3.8) is 0 Å². The molecule has 0 saturated carbocycles. The number of hydrogen-bond acceptors (Lipinski definition) is 6. The van der Waals surface area contributed by atoms with Crippen molar-refractivity contribution in [1.29, 1.82) is 0 Å². The molecule has 2 heterocycles. The lowest BCUT2D eigenvalue weighted by molar-refractivity contribution is 0.102. The third-order valence-corrected chi connectivity index (χ3v) is 6.50. The van der Waals surface area contributed by atoms with Gasteiger partial charge in [0.1, 0.15) is 22.8 Å². The van der Waals surface area contributed by atoms with Gasteiger partial charge in [-0.15, -0.1) is 0 Å². The molecule has 2 aromatic carbocycles. The summed E-state index contributed by atoms with van der Waals surface area (Å²) in [4.78, 5) is 25.7. The van der Waals surface area contributed by atoms with Crippen LogP contribution in [0.25, 0.3) is 11.0 Å². The van der Waals surface area contributed by atoms with E-state index in [2.05, 4.69) is 16.7 Å². The number of methoxy groups -OCH3 is 1. The first-order chi connectivity index (χ1) is 17.4. The van der Waals surface area contributed by atoms with Crippen molar-refractivity contribution in [1.82, 2.24) is 5.32 Å². The zero-order chi connectivity index (χ0) is 25.7. The van der Waals surface area contributed by atoms with Gasteiger partial charge >= 0.3 is 5.63 Å². The van der Waals surface area contributed by atoms with E-state index in [4.69, 9.17) is 13.9 Å². The van der Waals surface area contributed by atoms with E-state index in [0.29, 0.717) is 47.0 Å². The number of benzene rings is 2. The Morgan fingerprint density at radius 3 is 2.72 bits per heavy atom. The first kappa shape index (κ1) is 25.5. The normalized spacial score (nSPS) is 15.4. The minimum absolute atomic E-state index is 0.0931. The summed E-state index contributed by atoms with van der Waals surface area (Å²) in [5, 5.41) is 6.82. The van der Waals surface area contributed by atoms with Crippen molar-refractivity contribution in [2.45, 2.75) is 40.0 Å². The smallest absolute Gasteiger partial charge is 0.360 e. The zero-order valence-electron chi connectivity index (χ0n) is 21.4. The number of aryl methyl sites for hydroxylation is 1. The molecule has 1 aliphatic rings. The summed E-state index contributed by atoms with van der Waals surface area (Å²) >= 11 is 0. The van der Waals surface area contributed by atoms with E-state index in [0.717, 1.165) is 37.1 Å². The number of carbonyl (C=O) groups is 1. The molecule has 0 radical (unpaired) electrons. The van der Waals surface area contributed by atoms with Crippen LogP contribution in [0.2, 0.25) is 0 Å². The van der Waals surface area contributed by atoms with Gasteiger partial charge in [0.05, 0.1) is 13.7 Å². The second kappa shape index (κ2) is 11.4. The number of anilines is 1. The van der Waals surface area contributed by atoms with Gasteiger partial charge in [-0.1, -0.05) is 11.6 Å². The largest absolute Gasteiger partial charge is 0.496 e. The van der Waals surface area contributed by atoms with Crippen LogP contribution in [0.4, 0.5) is 5.69 Å². The Labute approximate surface area is 211 Å². The molecule has 1 aromatic heterocycles. The van der Waals surface area contributed by atoms with Crippen LogP contribution in [0.5, 0.6) is 11.5 Å². The molecule has 3 aromatic rings. The maximum absolute atomic E-state index is 13.0. The van der Waals surface area contributed by atoms with Crippen molar-refractivity contribution in [2.75, 3.05) is 32.1 Å². The van der Waals surface area contributed by atoms with Gasteiger partial charge in [0.2, 0.25) is 0 Å². The fourth-order valence-electron chi connectivity index (χ4n) is 4.41. The van der Waals surface area contributed by atoms with Gasteiger partial charge in [0.15, 0.2) is 0 Å². The molecule has 4 rings (SSSR count). The highest BCUT2D eigenvalue weighted by Crippen LogP contribution is 2.29. The van der Waals surface area contributed by atoms with E-state index in [-0.39, 0.29) is 11.6 Å². The minimum Gasteiger partial charge on any atom is -0.496 e. The van der Waals surface area contributed by atoms with Crippen LogP contribution in [-0.4, -0.2) is 32.7 Å². The third kappa shape index (κ3) is 5.97. The predicted octanol–water partition coefficient (Wildman–Crippen LogP) is 5.25. The minimum atomic E-state index is -0.606. The van der Waals surface area contributed by atoms with Gasteiger partial charge in [-0.3, -0.25) is 4.79 Å². The number of carbonyl (C=O) groups excluding carboxylic acids is 1. The van der Waals surface area contributed by atoms with Crippen LogP contribution in [0.1, 0.15) is 48.2 Å². The molecule has 0 aliphatic carbocycles. The molecule has 7 heteroatoms. The first-order valence-electron chi connectivity index (χ1n) is 12.4. The van der Waals surface area contributed by atoms with Crippen molar-refractivity contribution in [3.05, 3.63) is 75.2 Å². The van der Waals surface area contributed by atoms with Crippen LogP contribution in [-0.2, 0) is 6.42 Å². The fraction of sp³-hybridized carbons (Fsp3) is 0.379. The summed E-state index contributed by atoms with van der Waals surface area (Å²) in [6, 6.07) is 10.6. The summed E-state index contributed by atoms with van der Waals surface area (Å²) in [5.74, 6) is 1.50. The van der Waals surface area contributed by atoms with Gasteiger partial charge in [-0.2, -0.15) is 0 Å². The van der Waals surface area contributed by atoms with Gasteiger partial charge in [-0.25, -0.2) is 4.79 Å². The number of allylic oxidation sites excluding steroid dienone is 2. The fourth-order valence-corrected chi connectivity index (χ4v) is 4.41. The van der Waals surface area contributed by atoms with E-state index >= 15 is 0 Å². The van der Waals surface area contributed by atoms with Crippen molar-refractivity contribution >= 4 is 22.6 Å². The second-order valence-corrected chi connectivity index (χ2v) is 9.54. The van der Waals surface area contributed by atoms with Gasteiger partial charge in [0.25, 0.3) is 5.91 Å². The maximum atomic E-state index is 13.0. The lowest BCUT2D eigenvalue weighted by atomic mass is 10.0. The molecule has 7 nitrogen and oxygen atoms in total. The van der Waals surface area contributed by atoms with E-state index in [1.165, 1.54) is 5.57 Å². The first-order valence-corrected chi connectivity index (χ1v) is 12.4. The number of hydrogen-bond donors (Lipinski definition) is 2. The summed E-state index contributed by atoms with van der Waals surface area (Å²) in [7, 11) is 1.60. The standard InChI is InChI=1S/C29H34N2O5/c1-18(2)7-8-21-14-23(10-12-26(21)34-4)28(32)31-24-15-22-9-11-25(19(3)27(22)36-29(24)33)35-17-20-6-5-13-30-16-20/h7,9-12,14-15,20,30H,5-6,8,13,16-17H2,1-4H3,(H,31,32). The molecule has 36 heavy (non-hydrogen) atoms. The quantitative estimate of drug-likeness (QED) is 0.331. The molecule has 1 amide bonds. The average Bonchev–Trinajstić information content (AvgIpc) is 2.88. The Balaban J connectivity index is 1.53. The molecule has 0 spiro atoms. The highest BCUT2D eigenvalue weighted by atomic mass is 16.5. The number of nitrogens with one attached hydrogen (secondary N) is 2. The van der Waals surface area contributed by atoms with Gasteiger partial charge < -0.3 is 24.5 Å². The van der Waals surface area contributed by atoms with E-state index in [9.17, 15) is 9.59 Å². The topological polar surface area (TPSA) is 89.8 Å². The number of fused-ring (bicyclic) bond motifs is 1. The molecular weight excluding hydrogens is 456 g/mol. The Kier molecular flexibility index (Phi) is 8.10. The van der Waals surface area contributed by atoms with Gasteiger partial charge in [-0.05, 0) is 88.5 Å². The van der Waals surface area contributed by atoms with Crippen LogP contribution < -0.4 is 25.7 Å². The average molecular weight is 491 g/mol. The summed E-state index contributed by atoms with van der Waals surface area (Å²) in [6.07, 6.45) is 5.01. The lowest BCUT2D eigenvalue weighted by Gasteiger charge is -2.23. The van der Waals surface area contributed by atoms with Crippen LogP contribution in [0, 0.1) is 12.8 Å². The highest BCUT2D eigenvalue weighted by molar-refractivity contribution is 6.05. The van der Waals surface area contributed by atoms with Crippen LogP contribution in [0.15, 0.2) is 57.3 Å². The molecule has 1 saturated heterocycles. The van der Waals surface area contributed by atoms with E-state index in [1.54, 1.807) is 31.4 Å². The Morgan fingerprint density at radius 1 is 1.19 bits per heavy atom. The van der Waals surface area contributed by atoms with Crippen molar-refractivity contribution in [3.8, 4) is 11.5 Å². The number of rotatable bonds is 8. The number of ether oxygens (including phenoxy) is 2. The van der Waals surface area contributed by atoms with Crippen molar-refractivity contribution in [2.24, 2.45) is 5.92 Å². The van der Waals surface area contributed by atoms with E-state index < -0.39 is 5.63 Å². The summed E-state index contributed by atoms with van der Waals surface area (Å²) in [5.41, 5.74) is 3.22. The molecule has 1 atom stereocenters.